The van der Waals surface area contributed by atoms with Crippen molar-refractivity contribution in [2.45, 2.75) is 55.0 Å². The van der Waals surface area contributed by atoms with Crippen LogP contribution in [-0.2, 0) is 15.9 Å². The van der Waals surface area contributed by atoms with Gasteiger partial charge in [0.15, 0.2) is 0 Å². The normalized spacial score (nSPS) is 24.7. The second-order valence-electron chi connectivity index (χ2n) is 5.88. The van der Waals surface area contributed by atoms with E-state index in [4.69, 9.17) is 11.6 Å². The first-order chi connectivity index (χ1) is 9.75. The van der Waals surface area contributed by atoms with E-state index in [1.54, 1.807) is 16.6 Å². The van der Waals surface area contributed by atoms with Crippen molar-refractivity contribution in [2.75, 3.05) is 13.1 Å². The summed E-state index contributed by atoms with van der Waals surface area (Å²) in [5.41, 5.74) is 0.845. The van der Waals surface area contributed by atoms with Crippen molar-refractivity contribution in [3.05, 3.63) is 18.0 Å². The van der Waals surface area contributed by atoms with Gasteiger partial charge in [-0.15, -0.1) is 11.6 Å². The van der Waals surface area contributed by atoms with Crippen LogP contribution in [0.1, 0.15) is 39.4 Å². The van der Waals surface area contributed by atoms with Gasteiger partial charge in [-0.2, -0.15) is 16.1 Å². The van der Waals surface area contributed by atoms with E-state index in [0.717, 1.165) is 5.69 Å². The van der Waals surface area contributed by atoms with E-state index in [1.165, 1.54) is 0 Å². The molecule has 0 aliphatic carbocycles. The lowest BCUT2D eigenvalue weighted by Gasteiger charge is -2.33. The highest BCUT2D eigenvalue weighted by Crippen LogP contribution is 2.30. The number of nitrogens with zero attached hydrogens (tertiary/aromatic N) is 2. The summed E-state index contributed by atoms with van der Waals surface area (Å²) in [6.45, 7) is 9.34. The Bertz CT molecular complexity index is 588. The summed E-state index contributed by atoms with van der Waals surface area (Å²) >= 11 is 7.78. The summed E-state index contributed by atoms with van der Waals surface area (Å²) in [4.78, 5) is 0.359. The van der Waals surface area contributed by atoms with Crippen LogP contribution >= 0.6 is 23.4 Å². The molecule has 120 valence electrons. The number of rotatable bonds is 4. The summed E-state index contributed by atoms with van der Waals surface area (Å²) in [5.74, 6) is 0.316. The Morgan fingerprint density at radius 3 is 2.33 bits per heavy atom. The molecule has 2 atom stereocenters. The van der Waals surface area contributed by atoms with E-state index in [2.05, 4.69) is 13.8 Å². The molecule has 0 radical (unpaired) electrons. The lowest BCUT2D eigenvalue weighted by molar-refractivity contribution is 0.404. The molecule has 2 heterocycles. The first-order valence-electron chi connectivity index (χ1n) is 7.18. The largest absolute Gasteiger partial charge is 0.346 e. The average Bonchev–Trinajstić information content (AvgIpc) is 2.82. The third-order valence-corrected chi connectivity index (χ3v) is 6.92. The van der Waals surface area contributed by atoms with Crippen LogP contribution in [0, 0.1) is 0 Å². The molecule has 2 unspecified atom stereocenters. The molecule has 1 aliphatic rings. The highest BCUT2D eigenvalue weighted by molar-refractivity contribution is 8.00. The topological polar surface area (TPSA) is 42.3 Å². The fourth-order valence-electron chi connectivity index (χ4n) is 2.70. The molecule has 0 bridgehead atoms. The van der Waals surface area contributed by atoms with Crippen molar-refractivity contribution >= 4 is 33.4 Å². The number of hydrogen-bond donors (Lipinski definition) is 0. The number of hydrogen-bond acceptors (Lipinski definition) is 3. The van der Waals surface area contributed by atoms with Crippen molar-refractivity contribution in [1.29, 1.82) is 0 Å². The number of alkyl halides is 1. The van der Waals surface area contributed by atoms with Crippen LogP contribution in [0.4, 0.5) is 0 Å². The van der Waals surface area contributed by atoms with Gasteiger partial charge in [0.2, 0.25) is 10.0 Å². The van der Waals surface area contributed by atoms with Crippen LogP contribution in [0.5, 0.6) is 0 Å². The Hall–Kier alpha value is -0.170. The maximum Gasteiger partial charge on any atom is 0.244 e. The highest BCUT2D eigenvalue weighted by atomic mass is 35.5. The van der Waals surface area contributed by atoms with Crippen LogP contribution in [0.25, 0.3) is 0 Å². The van der Waals surface area contributed by atoms with Gasteiger partial charge < -0.3 is 4.57 Å². The SMILES string of the molecule is CC1CN(S(=O)(=O)c2cc(CCl)n(C(C)C)c2)CC(C)S1. The highest BCUT2D eigenvalue weighted by Gasteiger charge is 2.33. The molecule has 21 heavy (non-hydrogen) atoms. The Labute approximate surface area is 136 Å². The standard InChI is InChI=1S/C14H23ClN2O2S2/c1-10(2)17-9-14(5-13(17)6-15)21(18,19)16-7-11(3)20-12(4)8-16/h5,9-12H,6-8H2,1-4H3. The van der Waals surface area contributed by atoms with Crippen LogP contribution in [0.15, 0.2) is 17.2 Å². The van der Waals surface area contributed by atoms with E-state index in [9.17, 15) is 8.42 Å². The number of halogens is 1. The van der Waals surface area contributed by atoms with Gasteiger partial charge in [0.05, 0.1) is 5.88 Å². The molecule has 2 rings (SSSR count). The lowest BCUT2D eigenvalue weighted by atomic mass is 10.4. The summed E-state index contributed by atoms with van der Waals surface area (Å²) in [6.07, 6.45) is 1.72. The zero-order valence-corrected chi connectivity index (χ0v) is 15.3. The van der Waals surface area contributed by atoms with E-state index in [1.807, 2.05) is 30.2 Å². The Morgan fingerprint density at radius 2 is 1.90 bits per heavy atom. The van der Waals surface area contributed by atoms with E-state index < -0.39 is 10.0 Å². The molecule has 1 aromatic heterocycles. The third kappa shape index (κ3) is 3.60. The predicted octanol–water partition coefficient (Wildman–Crippen LogP) is 3.32. The van der Waals surface area contributed by atoms with Crippen molar-refractivity contribution < 1.29 is 8.42 Å². The molecule has 0 N–H and O–H groups in total. The Balaban J connectivity index is 2.35. The van der Waals surface area contributed by atoms with Gasteiger partial charge in [0.25, 0.3) is 0 Å². The first kappa shape index (κ1) is 17.2. The smallest absolute Gasteiger partial charge is 0.244 e. The van der Waals surface area contributed by atoms with Gasteiger partial charge in [-0.25, -0.2) is 8.42 Å². The predicted molar refractivity (Wildman–Crippen MR) is 89.6 cm³/mol. The monoisotopic (exact) mass is 350 g/mol. The minimum atomic E-state index is -3.43. The van der Waals surface area contributed by atoms with Crippen LogP contribution in [0.3, 0.4) is 0 Å². The van der Waals surface area contributed by atoms with Gasteiger partial charge in [-0.3, -0.25) is 0 Å². The van der Waals surface area contributed by atoms with Crippen molar-refractivity contribution in [3.63, 3.8) is 0 Å². The fraction of sp³-hybridized carbons (Fsp3) is 0.714. The summed E-state index contributed by atoms with van der Waals surface area (Å²) in [7, 11) is -3.43. The average molecular weight is 351 g/mol. The van der Waals surface area contributed by atoms with Crippen LogP contribution in [-0.4, -0.2) is 40.9 Å². The maximum absolute atomic E-state index is 12.8. The minimum absolute atomic E-state index is 0.192. The molecular formula is C14H23ClN2O2S2. The fourth-order valence-corrected chi connectivity index (χ4v) is 6.10. The summed E-state index contributed by atoms with van der Waals surface area (Å²) < 4.78 is 29.2. The Kier molecular flexibility index (Phi) is 5.34. The van der Waals surface area contributed by atoms with Gasteiger partial charge in [0.1, 0.15) is 4.90 Å². The van der Waals surface area contributed by atoms with Crippen molar-refractivity contribution in [3.8, 4) is 0 Å². The molecule has 1 aliphatic heterocycles. The van der Waals surface area contributed by atoms with Gasteiger partial charge in [-0.1, -0.05) is 13.8 Å². The molecular weight excluding hydrogens is 328 g/mol. The van der Waals surface area contributed by atoms with Crippen molar-refractivity contribution in [1.82, 2.24) is 8.87 Å². The summed E-state index contributed by atoms with van der Waals surface area (Å²) in [5, 5.41) is 0.645. The first-order valence-corrected chi connectivity index (χ1v) is 10.1. The zero-order chi connectivity index (χ0) is 15.8. The number of sulfonamides is 1. The third-order valence-electron chi connectivity index (χ3n) is 3.62. The molecule has 1 fully saturated rings. The van der Waals surface area contributed by atoms with Crippen LogP contribution in [0.2, 0.25) is 0 Å². The molecule has 4 nitrogen and oxygen atoms in total. The minimum Gasteiger partial charge on any atom is -0.346 e. The van der Waals surface area contributed by atoms with E-state index in [-0.39, 0.29) is 6.04 Å². The maximum atomic E-state index is 12.8. The zero-order valence-electron chi connectivity index (χ0n) is 12.9. The molecule has 0 amide bonds. The van der Waals surface area contributed by atoms with Crippen LogP contribution < -0.4 is 0 Å². The second kappa shape index (κ2) is 6.52. The molecule has 0 aromatic carbocycles. The van der Waals surface area contributed by atoms with E-state index in [0.29, 0.717) is 34.4 Å². The molecule has 1 aromatic rings. The van der Waals surface area contributed by atoms with Gasteiger partial charge in [0, 0.05) is 41.5 Å². The molecule has 0 spiro atoms. The van der Waals surface area contributed by atoms with Gasteiger partial charge >= 0.3 is 0 Å². The second-order valence-corrected chi connectivity index (χ2v) is 9.97. The lowest BCUT2D eigenvalue weighted by Crippen LogP contribution is -2.43. The number of thioether (sulfide) groups is 1. The van der Waals surface area contributed by atoms with Crippen molar-refractivity contribution in [2.24, 2.45) is 0 Å². The molecule has 0 saturated carbocycles. The number of aromatic nitrogens is 1. The Morgan fingerprint density at radius 1 is 1.33 bits per heavy atom. The van der Waals surface area contributed by atoms with E-state index >= 15 is 0 Å². The molecule has 1 saturated heterocycles. The quantitative estimate of drug-likeness (QED) is 0.782. The van der Waals surface area contributed by atoms with Gasteiger partial charge in [-0.05, 0) is 19.9 Å². The molecule has 7 heteroatoms. The summed E-state index contributed by atoms with van der Waals surface area (Å²) in [6, 6.07) is 1.90.